The van der Waals surface area contributed by atoms with Gasteiger partial charge in [-0.3, -0.25) is 4.79 Å². The van der Waals surface area contributed by atoms with E-state index in [9.17, 15) is 9.35 Å². The van der Waals surface area contributed by atoms with Crippen molar-refractivity contribution in [2.45, 2.75) is 19.8 Å². The minimum atomic E-state index is -1.02. The molecule has 1 saturated heterocycles. The van der Waals surface area contributed by atoms with Gasteiger partial charge in [-0.15, -0.1) is 11.3 Å². The maximum absolute atomic E-state index is 13.0. The summed E-state index contributed by atoms with van der Waals surface area (Å²) < 4.78 is 12.9. The van der Waals surface area contributed by atoms with Crippen LogP contribution in [0.3, 0.4) is 0 Å². The van der Waals surface area contributed by atoms with Gasteiger partial charge >= 0.3 is 0 Å². The number of carbonyl (C=O) groups is 1. The second kappa shape index (κ2) is 12.5. The zero-order valence-electron chi connectivity index (χ0n) is 20.6. The van der Waals surface area contributed by atoms with Crippen LogP contribution in [0.4, 0.5) is 5.69 Å². The van der Waals surface area contributed by atoms with Gasteiger partial charge in [0.1, 0.15) is 16.1 Å². The first-order valence-corrected chi connectivity index (χ1v) is 15.8. The summed E-state index contributed by atoms with van der Waals surface area (Å²) in [5.41, 5.74) is 3.93. The van der Waals surface area contributed by atoms with E-state index in [0.29, 0.717) is 22.4 Å². The molecule has 0 spiro atoms. The molecule has 2 atom stereocenters. The SMILES string of the molecule is CSC(=Cc1ccccc1N1CCCC(CNC(=O)c2sc(-c3ccc(Cl)cc3)nc2C)C1)[S+](C)[O-]. The van der Waals surface area contributed by atoms with Crippen LogP contribution in [-0.4, -0.2) is 47.6 Å². The molecule has 1 aliphatic rings. The zero-order chi connectivity index (χ0) is 25.7. The van der Waals surface area contributed by atoms with Gasteiger partial charge in [-0.25, -0.2) is 4.98 Å². The molecule has 9 heteroatoms. The number of carbonyl (C=O) groups excluding carboxylic acids is 1. The first-order valence-electron chi connectivity index (χ1n) is 11.8. The Labute approximate surface area is 229 Å². The van der Waals surface area contributed by atoms with Gasteiger partial charge in [0.05, 0.1) is 5.69 Å². The molecule has 2 aromatic carbocycles. The largest absolute Gasteiger partial charge is 0.611 e. The summed E-state index contributed by atoms with van der Waals surface area (Å²) in [6.45, 7) is 4.34. The summed E-state index contributed by atoms with van der Waals surface area (Å²) in [6.07, 6.45) is 7.84. The van der Waals surface area contributed by atoms with Crippen molar-refractivity contribution in [2.75, 3.05) is 37.0 Å². The lowest BCUT2D eigenvalue weighted by atomic mass is 9.96. The monoisotopic (exact) mass is 559 g/mol. The van der Waals surface area contributed by atoms with Crippen LogP contribution in [0, 0.1) is 12.8 Å². The Kier molecular flexibility index (Phi) is 9.41. The highest BCUT2D eigenvalue weighted by Gasteiger charge is 2.24. The fourth-order valence-electron chi connectivity index (χ4n) is 4.37. The number of nitrogens with one attached hydrogen (secondary N) is 1. The number of hydrogen-bond donors (Lipinski definition) is 1. The maximum Gasteiger partial charge on any atom is 0.263 e. The summed E-state index contributed by atoms with van der Waals surface area (Å²) in [7, 11) is 0. The van der Waals surface area contributed by atoms with E-state index < -0.39 is 11.2 Å². The first kappa shape index (κ1) is 27.1. The zero-order valence-corrected chi connectivity index (χ0v) is 23.8. The Hall–Kier alpha value is -1.97. The maximum atomic E-state index is 13.0. The van der Waals surface area contributed by atoms with Crippen molar-refractivity contribution in [3.8, 4) is 10.6 Å². The van der Waals surface area contributed by atoms with E-state index in [4.69, 9.17) is 11.6 Å². The number of para-hydroxylation sites is 1. The molecule has 36 heavy (non-hydrogen) atoms. The van der Waals surface area contributed by atoms with Crippen LogP contribution in [0.1, 0.15) is 33.8 Å². The molecule has 1 fully saturated rings. The van der Waals surface area contributed by atoms with Crippen LogP contribution in [0.25, 0.3) is 16.6 Å². The van der Waals surface area contributed by atoms with E-state index in [1.54, 1.807) is 6.26 Å². The van der Waals surface area contributed by atoms with Crippen molar-refractivity contribution in [1.29, 1.82) is 0 Å². The van der Waals surface area contributed by atoms with E-state index in [1.165, 1.54) is 23.1 Å². The third kappa shape index (κ3) is 6.66. The number of nitrogens with zero attached hydrogens (tertiary/aromatic N) is 2. The molecule has 1 aliphatic heterocycles. The van der Waals surface area contributed by atoms with Crippen LogP contribution in [0.2, 0.25) is 5.02 Å². The second-order valence-corrected chi connectivity index (χ2v) is 12.7. The number of aryl methyl sites for hydroxylation is 1. The molecule has 1 amide bonds. The highest BCUT2D eigenvalue weighted by molar-refractivity contribution is 8.18. The van der Waals surface area contributed by atoms with Gasteiger partial charge in [-0.05, 0) is 61.3 Å². The third-order valence-corrected chi connectivity index (χ3v) is 10.1. The van der Waals surface area contributed by atoms with Crippen LogP contribution in [0.5, 0.6) is 0 Å². The summed E-state index contributed by atoms with van der Waals surface area (Å²) in [6, 6.07) is 15.8. The molecule has 5 nitrogen and oxygen atoms in total. The molecule has 4 rings (SSSR count). The third-order valence-electron chi connectivity index (χ3n) is 6.20. The number of aromatic nitrogens is 1. The number of thioether (sulfide) groups is 1. The van der Waals surface area contributed by atoms with Crippen molar-refractivity contribution in [2.24, 2.45) is 5.92 Å². The smallest absolute Gasteiger partial charge is 0.263 e. The highest BCUT2D eigenvalue weighted by atomic mass is 35.5. The fraction of sp³-hybridized carbons (Fsp3) is 0.333. The Morgan fingerprint density at radius 2 is 2.06 bits per heavy atom. The number of rotatable bonds is 8. The van der Waals surface area contributed by atoms with E-state index in [-0.39, 0.29) is 5.91 Å². The Morgan fingerprint density at radius 1 is 1.31 bits per heavy atom. The number of thiazole rings is 1. The van der Waals surface area contributed by atoms with Gasteiger partial charge in [0.25, 0.3) is 5.91 Å². The van der Waals surface area contributed by atoms with Gasteiger partial charge in [0, 0.05) is 47.5 Å². The number of halogens is 1. The molecule has 2 heterocycles. The minimum absolute atomic E-state index is 0.0688. The number of hydrogen-bond acceptors (Lipinski definition) is 6. The molecule has 190 valence electrons. The van der Waals surface area contributed by atoms with Gasteiger partial charge in [-0.2, -0.15) is 0 Å². The van der Waals surface area contributed by atoms with E-state index >= 15 is 0 Å². The van der Waals surface area contributed by atoms with Gasteiger partial charge < -0.3 is 14.8 Å². The molecule has 0 bridgehead atoms. The first-order chi connectivity index (χ1) is 17.4. The lowest BCUT2D eigenvalue weighted by molar-refractivity contribution is 0.0949. The number of benzene rings is 2. The van der Waals surface area contributed by atoms with Crippen LogP contribution >= 0.6 is 34.7 Å². The number of amides is 1. The molecular weight excluding hydrogens is 530 g/mol. The number of anilines is 1. The Balaban J connectivity index is 1.41. The summed E-state index contributed by atoms with van der Waals surface area (Å²) in [5.74, 6) is 0.282. The van der Waals surface area contributed by atoms with Gasteiger partial charge in [0.15, 0.2) is 4.24 Å². The Bertz CT molecular complexity index is 1230. The van der Waals surface area contributed by atoms with Crippen molar-refractivity contribution >= 4 is 63.5 Å². The molecular formula is C27H30ClN3O2S3. The fourth-order valence-corrected chi connectivity index (χ4v) is 6.97. The van der Waals surface area contributed by atoms with E-state index in [2.05, 4.69) is 27.3 Å². The van der Waals surface area contributed by atoms with Crippen LogP contribution in [0.15, 0.2) is 52.8 Å². The van der Waals surface area contributed by atoms with Crippen LogP contribution in [-0.2, 0) is 11.2 Å². The molecule has 3 aromatic rings. The van der Waals surface area contributed by atoms with E-state index in [0.717, 1.165) is 57.7 Å². The molecule has 1 N–H and O–H groups in total. The minimum Gasteiger partial charge on any atom is -0.611 e. The molecule has 0 aliphatic carbocycles. The average Bonchev–Trinajstić information content (AvgIpc) is 3.28. The predicted molar refractivity (Wildman–Crippen MR) is 157 cm³/mol. The average molecular weight is 560 g/mol. The van der Waals surface area contributed by atoms with Crippen LogP contribution < -0.4 is 10.2 Å². The summed E-state index contributed by atoms with van der Waals surface area (Å²) >= 11 is 7.92. The topological polar surface area (TPSA) is 68.3 Å². The lowest BCUT2D eigenvalue weighted by Crippen LogP contribution is -2.41. The molecule has 2 unspecified atom stereocenters. The van der Waals surface area contributed by atoms with Gasteiger partial charge in [0.2, 0.25) is 0 Å². The standard InChI is InChI=1S/C27H30ClN3O2S3/c1-18-25(35-27(30-18)20-10-12-22(28)13-11-20)26(32)29-16-19-7-6-14-31(17-19)23-9-5-4-8-21(23)15-24(34-2)36(3)33/h4-5,8-13,15,19H,6-7,14,16-17H2,1-3H3,(H,29,32). The van der Waals surface area contributed by atoms with Crippen molar-refractivity contribution in [3.63, 3.8) is 0 Å². The van der Waals surface area contributed by atoms with Crippen molar-refractivity contribution in [1.82, 2.24) is 10.3 Å². The second-order valence-electron chi connectivity index (χ2n) is 8.79. The predicted octanol–water partition coefficient (Wildman–Crippen LogP) is 6.46. The Morgan fingerprint density at radius 3 is 2.78 bits per heavy atom. The molecule has 1 aromatic heterocycles. The summed E-state index contributed by atoms with van der Waals surface area (Å²) in [4.78, 5) is 20.7. The normalized spacial score (nSPS) is 17.2. The van der Waals surface area contributed by atoms with Gasteiger partial charge in [-0.1, -0.05) is 53.7 Å². The molecule has 0 radical (unpaired) electrons. The highest BCUT2D eigenvalue weighted by Crippen LogP contribution is 2.31. The van der Waals surface area contributed by atoms with Crippen molar-refractivity contribution < 1.29 is 9.35 Å². The quantitative estimate of drug-likeness (QED) is 0.321. The lowest BCUT2D eigenvalue weighted by Gasteiger charge is -2.35. The van der Waals surface area contributed by atoms with Crippen molar-refractivity contribution in [3.05, 3.63) is 73.9 Å². The number of piperidine rings is 1. The van der Waals surface area contributed by atoms with E-state index in [1.807, 2.05) is 55.7 Å². The summed E-state index contributed by atoms with van der Waals surface area (Å²) in [5, 5.41) is 4.65. The molecule has 0 saturated carbocycles.